The predicted molar refractivity (Wildman–Crippen MR) is 86.3 cm³/mol. The monoisotopic (exact) mass is 385 g/mol. The van der Waals surface area contributed by atoms with E-state index in [1.165, 1.54) is 30.3 Å². The molecule has 0 spiro atoms. The number of amides is 1. The molecule has 0 atom stereocenters. The van der Waals surface area contributed by atoms with Gasteiger partial charge in [0.15, 0.2) is 9.84 Å². The largest absolute Gasteiger partial charge is 0.322 e. The van der Waals surface area contributed by atoms with E-state index in [-0.39, 0.29) is 10.5 Å². The number of hydrogen-bond acceptors (Lipinski definition) is 3. The fourth-order valence-corrected chi connectivity index (χ4v) is 3.01. The Morgan fingerprint density at radius 1 is 1.18 bits per heavy atom. The zero-order valence-corrected chi connectivity index (χ0v) is 14.3. The van der Waals surface area contributed by atoms with Crippen molar-refractivity contribution in [1.29, 1.82) is 0 Å². The zero-order chi connectivity index (χ0) is 16.5. The van der Waals surface area contributed by atoms with E-state index in [1.807, 2.05) is 0 Å². The van der Waals surface area contributed by atoms with Crippen molar-refractivity contribution in [2.24, 2.45) is 0 Å². The highest BCUT2D eigenvalue weighted by Gasteiger charge is 2.14. The average molecular weight is 386 g/mol. The van der Waals surface area contributed by atoms with Crippen molar-refractivity contribution < 1.29 is 17.6 Å². The number of anilines is 1. The molecule has 7 heteroatoms. The number of nitrogens with one attached hydrogen (secondary N) is 1. The number of benzene rings is 2. The molecule has 0 bridgehead atoms. The Morgan fingerprint density at radius 2 is 1.86 bits per heavy atom. The lowest BCUT2D eigenvalue weighted by Gasteiger charge is -2.11. The second-order valence-corrected chi connectivity index (χ2v) is 7.70. The second-order valence-electron chi connectivity index (χ2n) is 4.83. The summed E-state index contributed by atoms with van der Waals surface area (Å²) >= 11 is 3.13. The molecule has 0 unspecified atom stereocenters. The second kappa shape index (κ2) is 6.18. The summed E-state index contributed by atoms with van der Waals surface area (Å²) in [5.41, 5.74) is 1.37. The minimum atomic E-state index is -3.37. The lowest BCUT2D eigenvalue weighted by molar-refractivity contribution is 0.102. The normalized spacial score (nSPS) is 11.3. The van der Waals surface area contributed by atoms with Gasteiger partial charge in [0, 0.05) is 16.4 Å². The number of carbonyl (C=O) groups is 1. The molecule has 0 aliphatic rings. The summed E-state index contributed by atoms with van der Waals surface area (Å²) in [5, 5.41) is 2.64. The molecule has 0 aliphatic heterocycles. The Bertz CT molecular complexity index is 850. The Kier molecular flexibility index (Phi) is 4.67. The van der Waals surface area contributed by atoms with Crippen molar-refractivity contribution in [2.45, 2.75) is 11.8 Å². The zero-order valence-electron chi connectivity index (χ0n) is 11.9. The third kappa shape index (κ3) is 3.72. The van der Waals surface area contributed by atoms with Crippen LogP contribution >= 0.6 is 15.9 Å². The average Bonchev–Trinajstić information content (AvgIpc) is 2.39. The number of sulfone groups is 1. The Labute approximate surface area is 136 Å². The fraction of sp³-hybridized carbons (Fsp3) is 0.133. The Hall–Kier alpha value is -1.73. The number of carbonyl (C=O) groups excluding carboxylic acids is 1. The topological polar surface area (TPSA) is 63.2 Å². The van der Waals surface area contributed by atoms with Gasteiger partial charge in [0.05, 0.1) is 10.5 Å². The van der Waals surface area contributed by atoms with E-state index in [0.717, 1.165) is 11.8 Å². The summed E-state index contributed by atoms with van der Waals surface area (Å²) in [4.78, 5) is 12.4. The van der Waals surface area contributed by atoms with Crippen molar-refractivity contribution in [2.75, 3.05) is 11.6 Å². The molecular weight excluding hydrogens is 373 g/mol. The standard InChI is InChI=1S/C15H13BrFNO3S/c1-9-3-5-11(22(2,20)21)8-14(9)18-15(19)12-6-4-10(17)7-13(12)16/h3-8H,1-2H3,(H,18,19). The summed E-state index contributed by atoms with van der Waals surface area (Å²) in [6, 6.07) is 8.22. The lowest BCUT2D eigenvalue weighted by atomic mass is 10.1. The highest BCUT2D eigenvalue weighted by Crippen LogP contribution is 2.23. The van der Waals surface area contributed by atoms with Gasteiger partial charge in [-0.25, -0.2) is 12.8 Å². The van der Waals surface area contributed by atoms with E-state index in [2.05, 4.69) is 21.2 Å². The van der Waals surface area contributed by atoms with Crippen LogP contribution in [0.5, 0.6) is 0 Å². The van der Waals surface area contributed by atoms with E-state index >= 15 is 0 Å². The van der Waals surface area contributed by atoms with E-state index in [0.29, 0.717) is 10.2 Å². The SMILES string of the molecule is Cc1ccc(S(C)(=O)=O)cc1NC(=O)c1ccc(F)cc1Br. The van der Waals surface area contributed by atoms with Crippen LogP contribution in [0, 0.1) is 12.7 Å². The predicted octanol–water partition coefficient (Wildman–Crippen LogP) is 3.55. The maximum absolute atomic E-state index is 13.1. The third-order valence-electron chi connectivity index (χ3n) is 3.06. The first-order valence-electron chi connectivity index (χ1n) is 6.25. The summed E-state index contributed by atoms with van der Waals surface area (Å²) < 4.78 is 36.5. The van der Waals surface area contributed by atoms with Gasteiger partial charge in [-0.05, 0) is 58.7 Å². The molecule has 0 saturated carbocycles. The van der Waals surface area contributed by atoms with Gasteiger partial charge in [0.1, 0.15) is 5.82 Å². The van der Waals surface area contributed by atoms with E-state index in [9.17, 15) is 17.6 Å². The molecular formula is C15H13BrFNO3S. The van der Waals surface area contributed by atoms with Crippen LogP contribution in [0.4, 0.5) is 10.1 Å². The Balaban J connectivity index is 2.36. The van der Waals surface area contributed by atoms with Gasteiger partial charge in [0.2, 0.25) is 0 Å². The smallest absolute Gasteiger partial charge is 0.256 e. The van der Waals surface area contributed by atoms with Crippen LogP contribution < -0.4 is 5.32 Å². The summed E-state index contributed by atoms with van der Waals surface area (Å²) in [6.45, 7) is 1.75. The van der Waals surface area contributed by atoms with Crippen LogP contribution in [0.1, 0.15) is 15.9 Å². The van der Waals surface area contributed by atoms with Crippen LogP contribution in [-0.2, 0) is 9.84 Å². The number of halogens is 2. The molecule has 0 heterocycles. The summed E-state index contributed by atoms with van der Waals surface area (Å²) in [5.74, 6) is -0.917. The van der Waals surface area contributed by atoms with Crippen LogP contribution in [0.2, 0.25) is 0 Å². The van der Waals surface area contributed by atoms with Gasteiger partial charge in [-0.2, -0.15) is 0 Å². The Morgan fingerprint density at radius 3 is 2.45 bits per heavy atom. The van der Waals surface area contributed by atoms with Crippen molar-refractivity contribution in [3.8, 4) is 0 Å². The molecule has 1 N–H and O–H groups in total. The van der Waals surface area contributed by atoms with E-state index in [4.69, 9.17) is 0 Å². The lowest BCUT2D eigenvalue weighted by Crippen LogP contribution is -2.14. The van der Waals surface area contributed by atoms with E-state index < -0.39 is 21.6 Å². The van der Waals surface area contributed by atoms with Crippen molar-refractivity contribution in [3.63, 3.8) is 0 Å². The fourth-order valence-electron chi connectivity index (χ4n) is 1.83. The van der Waals surface area contributed by atoms with Crippen LogP contribution in [0.15, 0.2) is 45.8 Å². The van der Waals surface area contributed by atoms with Gasteiger partial charge in [-0.15, -0.1) is 0 Å². The molecule has 2 aromatic carbocycles. The number of rotatable bonds is 3. The first kappa shape index (κ1) is 16.6. The molecule has 2 rings (SSSR count). The van der Waals surface area contributed by atoms with Gasteiger partial charge in [-0.3, -0.25) is 4.79 Å². The van der Waals surface area contributed by atoms with Crippen LogP contribution in [0.25, 0.3) is 0 Å². The van der Waals surface area contributed by atoms with Gasteiger partial charge in [0.25, 0.3) is 5.91 Å². The molecule has 1 amide bonds. The minimum Gasteiger partial charge on any atom is -0.322 e. The highest BCUT2D eigenvalue weighted by atomic mass is 79.9. The first-order valence-corrected chi connectivity index (χ1v) is 8.94. The molecule has 0 saturated heterocycles. The van der Waals surface area contributed by atoms with Crippen molar-refractivity contribution in [1.82, 2.24) is 0 Å². The molecule has 0 fully saturated rings. The quantitative estimate of drug-likeness (QED) is 0.878. The van der Waals surface area contributed by atoms with Gasteiger partial charge < -0.3 is 5.32 Å². The van der Waals surface area contributed by atoms with Gasteiger partial charge >= 0.3 is 0 Å². The van der Waals surface area contributed by atoms with Crippen LogP contribution in [0.3, 0.4) is 0 Å². The molecule has 0 aromatic heterocycles. The molecule has 22 heavy (non-hydrogen) atoms. The summed E-state index contributed by atoms with van der Waals surface area (Å²) in [7, 11) is -3.37. The maximum atomic E-state index is 13.1. The van der Waals surface area contributed by atoms with Crippen molar-refractivity contribution in [3.05, 3.63) is 57.8 Å². The van der Waals surface area contributed by atoms with E-state index in [1.54, 1.807) is 13.0 Å². The maximum Gasteiger partial charge on any atom is 0.256 e. The third-order valence-corrected chi connectivity index (χ3v) is 4.83. The van der Waals surface area contributed by atoms with Crippen molar-refractivity contribution >= 4 is 37.4 Å². The first-order chi connectivity index (χ1) is 10.2. The molecule has 2 aromatic rings. The number of hydrogen-bond donors (Lipinski definition) is 1. The molecule has 0 radical (unpaired) electrons. The summed E-state index contributed by atoms with van der Waals surface area (Å²) in [6.07, 6.45) is 1.10. The molecule has 4 nitrogen and oxygen atoms in total. The molecule has 116 valence electrons. The van der Waals surface area contributed by atoms with Gasteiger partial charge in [-0.1, -0.05) is 6.07 Å². The minimum absolute atomic E-state index is 0.117. The molecule has 0 aliphatic carbocycles. The highest BCUT2D eigenvalue weighted by molar-refractivity contribution is 9.10. The van der Waals surface area contributed by atoms with Crippen LogP contribution in [-0.4, -0.2) is 20.6 Å². The number of aryl methyl sites for hydroxylation is 1.